The van der Waals surface area contributed by atoms with Gasteiger partial charge in [-0.25, -0.2) is 0 Å². The van der Waals surface area contributed by atoms with Gasteiger partial charge in [0.2, 0.25) is 11.8 Å². The zero-order valence-electron chi connectivity index (χ0n) is 14.8. The minimum absolute atomic E-state index is 0.0208. The lowest BCUT2D eigenvalue weighted by Gasteiger charge is -2.20. The highest BCUT2D eigenvalue weighted by Crippen LogP contribution is 2.13. The fraction of sp³-hybridized carbons (Fsp3) is 0.278. The molecule has 2 aromatic rings. The number of hydrogen-bond acceptors (Lipinski definition) is 6. The Morgan fingerprint density at radius 1 is 1.30 bits per heavy atom. The van der Waals surface area contributed by atoms with Crippen molar-refractivity contribution in [3.8, 4) is 0 Å². The summed E-state index contributed by atoms with van der Waals surface area (Å²) in [7, 11) is 0. The lowest BCUT2D eigenvalue weighted by molar-refractivity contribution is -0.384. The van der Waals surface area contributed by atoms with Gasteiger partial charge in [-0.3, -0.25) is 19.7 Å². The zero-order chi connectivity index (χ0) is 19.6. The molecule has 0 atom stereocenters. The largest absolute Gasteiger partial charge is 0.363 e. The number of anilines is 1. The summed E-state index contributed by atoms with van der Waals surface area (Å²) in [4.78, 5) is 36.1. The molecule has 1 N–H and O–H groups in total. The van der Waals surface area contributed by atoms with Crippen molar-refractivity contribution in [2.45, 2.75) is 19.8 Å². The third-order valence-corrected chi connectivity index (χ3v) is 3.66. The van der Waals surface area contributed by atoms with Crippen LogP contribution < -0.4 is 5.32 Å². The quantitative estimate of drug-likeness (QED) is 0.411. The molecule has 2 amide bonds. The SMILES string of the molecule is CCCCN(CC(=O)Nc1ccon1)C(=O)/C=C/c1ccc([N+](=O)[O-])cc1. The van der Waals surface area contributed by atoms with Crippen molar-refractivity contribution >= 4 is 29.4 Å². The molecule has 0 unspecified atom stereocenters. The van der Waals surface area contributed by atoms with Crippen LogP contribution >= 0.6 is 0 Å². The number of carbonyl (C=O) groups is 2. The van der Waals surface area contributed by atoms with Crippen molar-refractivity contribution < 1.29 is 19.0 Å². The van der Waals surface area contributed by atoms with Crippen molar-refractivity contribution in [3.63, 3.8) is 0 Å². The van der Waals surface area contributed by atoms with Crippen molar-refractivity contribution in [2.75, 3.05) is 18.4 Å². The molecule has 0 saturated heterocycles. The van der Waals surface area contributed by atoms with E-state index in [-0.39, 0.29) is 29.9 Å². The molecule has 1 heterocycles. The summed E-state index contributed by atoms with van der Waals surface area (Å²) >= 11 is 0. The van der Waals surface area contributed by atoms with Gasteiger partial charge in [-0.1, -0.05) is 18.5 Å². The number of benzene rings is 1. The second-order valence-electron chi connectivity index (χ2n) is 5.73. The Hall–Kier alpha value is -3.49. The van der Waals surface area contributed by atoms with E-state index in [1.807, 2.05) is 6.92 Å². The molecule has 0 fully saturated rings. The third-order valence-electron chi connectivity index (χ3n) is 3.66. The molecule has 1 aromatic heterocycles. The first kappa shape index (κ1) is 19.8. The van der Waals surface area contributed by atoms with Gasteiger partial charge < -0.3 is 14.7 Å². The number of carbonyl (C=O) groups excluding carboxylic acids is 2. The van der Waals surface area contributed by atoms with E-state index in [0.717, 1.165) is 12.8 Å². The number of aromatic nitrogens is 1. The smallest absolute Gasteiger partial charge is 0.269 e. The van der Waals surface area contributed by atoms with Gasteiger partial charge in [-0.15, -0.1) is 0 Å². The summed E-state index contributed by atoms with van der Waals surface area (Å²) in [5.41, 5.74) is 0.629. The highest BCUT2D eigenvalue weighted by atomic mass is 16.6. The Morgan fingerprint density at radius 2 is 2.04 bits per heavy atom. The van der Waals surface area contributed by atoms with Crippen LogP contribution in [0.2, 0.25) is 0 Å². The van der Waals surface area contributed by atoms with Crippen molar-refractivity contribution in [2.24, 2.45) is 0 Å². The number of nitrogens with one attached hydrogen (secondary N) is 1. The fourth-order valence-electron chi connectivity index (χ4n) is 2.23. The molecular formula is C18H20N4O5. The summed E-state index contributed by atoms with van der Waals surface area (Å²) < 4.78 is 4.64. The Bertz CT molecular complexity index is 800. The molecule has 0 spiro atoms. The van der Waals surface area contributed by atoms with Gasteiger partial charge in [0, 0.05) is 30.8 Å². The first-order valence-corrected chi connectivity index (χ1v) is 8.41. The van der Waals surface area contributed by atoms with E-state index in [0.29, 0.717) is 12.1 Å². The maximum absolute atomic E-state index is 12.5. The number of amides is 2. The van der Waals surface area contributed by atoms with Gasteiger partial charge in [0.25, 0.3) is 5.69 Å². The maximum atomic E-state index is 12.5. The Kier molecular flexibility index (Phi) is 7.24. The van der Waals surface area contributed by atoms with E-state index in [1.165, 1.54) is 35.4 Å². The second-order valence-corrected chi connectivity index (χ2v) is 5.73. The molecule has 9 heteroatoms. The third kappa shape index (κ3) is 6.38. The predicted molar refractivity (Wildman–Crippen MR) is 98.8 cm³/mol. The molecule has 0 aliphatic rings. The minimum atomic E-state index is -0.487. The number of nitrogens with zero attached hydrogens (tertiary/aromatic N) is 3. The van der Waals surface area contributed by atoms with Crippen molar-refractivity contribution in [1.82, 2.24) is 10.1 Å². The number of hydrogen-bond donors (Lipinski definition) is 1. The Morgan fingerprint density at radius 3 is 2.63 bits per heavy atom. The zero-order valence-corrected chi connectivity index (χ0v) is 14.8. The first-order valence-electron chi connectivity index (χ1n) is 8.41. The van der Waals surface area contributed by atoms with Gasteiger partial charge in [0.15, 0.2) is 5.82 Å². The van der Waals surface area contributed by atoms with E-state index < -0.39 is 4.92 Å². The lowest BCUT2D eigenvalue weighted by atomic mass is 10.2. The molecule has 0 bridgehead atoms. The lowest BCUT2D eigenvalue weighted by Crippen LogP contribution is -2.37. The molecule has 0 radical (unpaired) electrons. The van der Waals surface area contributed by atoms with Crippen LogP contribution in [0.4, 0.5) is 11.5 Å². The number of nitro benzene ring substituents is 1. The Labute approximate surface area is 155 Å². The number of rotatable bonds is 9. The molecule has 2 rings (SSSR count). The molecule has 0 aliphatic carbocycles. The van der Waals surface area contributed by atoms with E-state index >= 15 is 0 Å². The van der Waals surface area contributed by atoms with E-state index in [4.69, 9.17) is 0 Å². The van der Waals surface area contributed by atoms with Crippen LogP contribution in [0.1, 0.15) is 25.3 Å². The van der Waals surface area contributed by atoms with Crippen molar-refractivity contribution in [1.29, 1.82) is 0 Å². The highest BCUT2D eigenvalue weighted by Gasteiger charge is 2.15. The molecule has 9 nitrogen and oxygen atoms in total. The number of non-ortho nitro benzene ring substituents is 1. The van der Waals surface area contributed by atoms with Crippen LogP contribution in [0, 0.1) is 10.1 Å². The van der Waals surface area contributed by atoms with Crippen LogP contribution in [-0.2, 0) is 9.59 Å². The summed E-state index contributed by atoms with van der Waals surface area (Å²) in [6.45, 7) is 2.31. The maximum Gasteiger partial charge on any atom is 0.269 e. The van der Waals surface area contributed by atoms with Crippen LogP contribution in [0.3, 0.4) is 0 Å². The number of nitro groups is 1. The molecule has 27 heavy (non-hydrogen) atoms. The topological polar surface area (TPSA) is 119 Å². The standard InChI is InChI=1S/C18H20N4O5/c1-2-3-11-21(13-17(23)19-16-10-12-27-20-16)18(24)9-6-14-4-7-15(8-5-14)22(25)26/h4-10,12H,2-3,11,13H2,1H3,(H,19,20,23)/b9-6+. The average molecular weight is 372 g/mol. The van der Waals surface area contributed by atoms with E-state index in [9.17, 15) is 19.7 Å². The summed E-state index contributed by atoms with van der Waals surface area (Å²) in [5, 5.41) is 16.8. The van der Waals surface area contributed by atoms with Crippen LogP contribution in [0.5, 0.6) is 0 Å². The summed E-state index contributed by atoms with van der Waals surface area (Å²) in [6.07, 6.45) is 5.87. The number of unbranched alkanes of at least 4 members (excludes halogenated alkanes) is 1. The molecule has 0 aliphatic heterocycles. The average Bonchev–Trinajstić information content (AvgIpc) is 3.16. The van der Waals surface area contributed by atoms with Gasteiger partial charge >= 0.3 is 0 Å². The second kappa shape index (κ2) is 9.85. The highest BCUT2D eigenvalue weighted by molar-refractivity contribution is 5.97. The van der Waals surface area contributed by atoms with Gasteiger partial charge in [0.05, 0.1) is 4.92 Å². The summed E-state index contributed by atoms with van der Waals surface area (Å²) in [5.74, 6) is -0.418. The Balaban J connectivity index is 1.99. The van der Waals surface area contributed by atoms with E-state index in [2.05, 4.69) is 15.0 Å². The van der Waals surface area contributed by atoms with Crippen LogP contribution in [0.25, 0.3) is 6.08 Å². The van der Waals surface area contributed by atoms with E-state index in [1.54, 1.807) is 18.2 Å². The van der Waals surface area contributed by atoms with Crippen LogP contribution in [0.15, 0.2) is 47.2 Å². The van der Waals surface area contributed by atoms with Gasteiger partial charge in [-0.2, -0.15) is 0 Å². The van der Waals surface area contributed by atoms with Gasteiger partial charge in [0.1, 0.15) is 12.8 Å². The minimum Gasteiger partial charge on any atom is -0.363 e. The van der Waals surface area contributed by atoms with Crippen LogP contribution in [-0.4, -0.2) is 39.9 Å². The molecular weight excluding hydrogens is 352 g/mol. The first-order chi connectivity index (χ1) is 13.0. The fourth-order valence-corrected chi connectivity index (χ4v) is 2.23. The predicted octanol–water partition coefficient (Wildman–Crippen LogP) is 2.86. The van der Waals surface area contributed by atoms with Gasteiger partial charge in [-0.05, 0) is 30.2 Å². The molecule has 0 saturated carbocycles. The monoisotopic (exact) mass is 372 g/mol. The normalized spacial score (nSPS) is 10.7. The van der Waals surface area contributed by atoms with Crippen molar-refractivity contribution in [3.05, 3.63) is 58.3 Å². The summed E-state index contributed by atoms with van der Waals surface area (Å²) in [6, 6.07) is 7.34. The molecule has 1 aromatic carbocycles. The molecule has 142 valence electrons.